The van der Waals surface area contributed by atoms with Gasteiger partial charge in [-0.2, -0.15) is 4.98 Å². The maximum absolute atomic E-state index is 11.6. The molecule has 0 bridgehead atoms. The number of rotatable bonds is 8. The lowest BCUT2D eigenvalue weighted by atomic mass is 10.3. The average Bonchev–Trinajstić information content (AvgIpc) is 2.52. The third-order valence-corrected chi connectivity index (χ3v) is 4.97. The lowest BCUT2D eigenvalue weighted by Gasteiger charge is -2.28. The van der Waals surface area contributed by atoms with Crippen molar-refractivity contribution in [1.82, 2.24) is 14.7 Å². The summed E-state index contributed by atoms with van der Waals surface area (Å²) >= 11 is 0. The van der Waals surface area contributed by atoms with Gasteiger partial charge in [-0.05, 0) is 13.3 Å². The zero-order chi connectivity index (χ0) is 16.7. The Balaban J connectivity index is 1.88. The van der Waals surface area contributed by atoms with Crippen molar-refractivity contribution in [2.75, 3.05) is 55.4 Å². The van der Waals surface area contributed by atoms with Gasteiger partial charge in [-0.3, -0.25) is 0 Å². The van der Waals surface area contributed by atoms with Crippen molar-refractivity contribution in [3.63, 3.8) is 0 Å². The normalized spacial score (nSPS) is 15.7. The van der Waals surface area contributed by atoms with Crippen LogP contribution in [0, 0.1) is 6.92 Å². The van der Waals surface area contributed by atoms with Crippen LogP contribution in [-0.4, -0.2) is 63.5 Å². The number of ether oxygens (including phenoxy) is 1. The second-order valence-corrected chi connectivity index (χ2v) is 7.36. The quantitative estimate of drug-likeness (QED) is 0.658. The first-order valence-corrected chi connectivity index (χ1v) is 9.55. The van der Waals surface area contributed by atoms with Gasteiger partial charge in [-0.15, -0.1) is 0 Å². The lowest BCUT2D eigenvalue weighted by Crippen LogP contribution is -2.37. The third-order valence-electron chi connectivity index (χ3n) is 3.38. The summed E-state index contributed by atoms with van der Waals surface area (Å²) in [5, 5.41) is 3.07. The van der Waals surface area contributed by atoms with E-state index in [1.165, 1.54) is 0 Å². The van der Waals surface area contributed by atoms with E-state index in [2.05, 4.69) is 24.9 Å². The van der Waals surface area contributed by atoms with E-state index >= 15 is 0 Å². The van der Waals surface area contributed by atoms with Crippen LogP contribution < -0.4 is 14.9 Å². The zero-order valence-electron chi connectivity index (χ0n) is 13.7. The molecule has 1 saturated heterocycles. The predicted molar refractivity (Wildman–Crippen MR) is 90.4 cm³/mol. The largest absolute Gasteiger partial charge is 0.378 e. The maximum atomic E-state index is 11.6. The summed E-state index contributed by atoms with van der Waals surface area (Å²) in [6, 6.07) is 1.94. The molecule has 0 atom stereocenters. The van der Waals surface area contributed by atoms with Crippen molar-refractivity contribution >= 4 is 21.8 Å². The molecular formula is C14H25N5O3S. The smallest absolute Gasteiger partial charge is 0.224 e. The van der Waals surface area contributed by atoms with Gasteiger partial charge in [0.05, 0.1) is 19.0 Å². The number of aromatic nitrogens is 2. The van der Waals surface area contributed by atoms with Crippen LogP contribution >= 0.6 is 0 Å². The van der Waals surface area contributed by atoms with Crippen LogP contribution in [0.5, 0.6) is 0 Å². The summed E-state index contributed by atoms with van der Waals surface area (Å²) in [6.07, 6.45) is 0.604. The van der Waals surface area contributed by atoms with Crippen LogP contribution in [0.4, 0.5) is 11.8 Å². The zero-order valence-corrected chi connectivity index (χ0v) is 14.5. The van der Waals surface area contributed by atoms with Gasteiger partial charge in [0, 0.05) is 37.9 Å². The van der Waals surface area contributed by atoms with Crippen LogP contribution in [0.25, 0.3) is 0 Å². The molecule has 130 valence electrons. The maximum Gasteiger partial charge on any atom is 0.224 e. The molecule has 2 N–H and O–H groups in total. The van der Waals surface area contributed by atoms with Crippen molar-refractivity contribution in [1.29, 1.82) is 0 Å². The predicted octanol–water partition coefficient (Wildman–Crippen LogP) is 0.363. The number of sulfonamides is 1. The molecule has 0 spiro atoms. The fourth-order valence-corrected chi connectivity index (χ4v) is 3.40. The highest BCUT2D eigenvalue weighted by Crippen LogP contribution is 2.15. The van der Waals surface area contributed by atoms with Crippen LogP contribution in [0.1, 0.15) is 19.0 Å². The van der Waals surface area contributed by atoms with Crippen LogP contribution in [0.2, 0.25) is 0 Å². The minimum Gasteiger partial charge on any atom is -0.378 e. The Kier molecular flexibility index (Phi) is 6.55. The van der Waals surface area contributed by atoms with E-state index in [0.717, 1.165) is 24.6 Å². The fraction of sp³-hybridized carbons (Fsp3) is 0.714. The molecular weight excluding hydrogens is 318 g/mol. The molecule has 23 heavy (non-hydrogen) atoms. The Labute approximate surface area is 137 Å². The molecule has 1 aromatic heterocycles. The summed E-state index contributed by atoms with van der Waals surface area (Å²) in [6.45, 7) is 7.53. The molecule has 8 nitrogen and oxygen atoms in total. The fourth-order valence-electron chi connectivity index (χ4n) is 2.31. The first-order chi connectivity index (χ1) is 11.0. The van der Waals surface area contributed by atoms with Gasteiger partial charge in [0.1, 0.15) is 5.82 Å². The number of nitrogens with one attached hydrogen (secondary N) is 2. The first-order valence-electron chi connectivity index (χ1n) is 7.90. The SMILES string of the molecule is CCCS(=O)(=O)NCCNc1nc(C)cc(N2CCOCC2)n1. The Hall–Kier alpha value is -1.45. The number of anilines is 2. The highest BCUT2D eigenvalue weighted by molar-refractivity contribution is 7.89. The van der Waals surface area contributed by atoms with E-state index in [4.69, 9.17) is 4.74 Å². The summed E-state index contributed by atoms with van der Waals surface area (Å²) < 4.78 is 31.0. The Morgan fingerprint density at radius 1 is 1.26 bits per heavy atom. The molecule has 0 amide bonds. The summed E-state index contributed by atoms with van der Waals surface area (Å²) in [4.78, 5) is 11.0. The number of hydrogen-bond acceptors (Lipinski definition) is 7. The standard InChI is InChI=1S/C14H25N5O3S/c1-3-10-23(20,21)16-5-4-15-14-17-12(2)11-13(18-14)19-6-8-22-9-7-19/h11,16H,3-10H2,1-2H3,(H,15,17,18). The molecule has 0 aliphatic carbocycles. The molecule has 0 unspecified atom stereocenters. The molecule has 9 heteroatoms. The Morgan fingerprint density at radius 2 is 2.00 bits per heavy atom. The summed E-state index contributed by atoms with van der Waals surface area (Å²) in [7, 11) is -3.17. The third kappa shape index (κ3) is 5.92. The molecule has 2 heterocycles. The highest BCUT2D eigenvalue weighted by atomic mass is 32.2. The van der Waals surface area contributed by atoms with Gasteiger partial charge in [0.25, 0.3) is 0 Å². The molecule has 1 aromatic rings. The van der Waals surface area contributed by atoms with Crippen molar-refractivity contribution in [2.45, 2.75) is 20.3 Å². The van der Waals surface area contributed by atoms with Gasteiger partial charge in [0.2, 0.25) is 16.0 Å². The monoisotopic (exact) mass is 343 g/mol. The van der Waals surface area contributed by atoms with E-state index in [1.54, 1.807) is 0 Å². The number of morpholine rings is 1. The van der Waals surface area contributed by atoms with Gasteiger partial charge in [-0.25, -0.2) is 18.1 Å². The molecule has 1 fully saturated rings. The van der Waals surface area contributed by atoms with Gasteiger partial charge >= 0.3 is 0 Å². The van der Waals surface area contributed by atoms with E-state index in [-0.39, 0.29) is 5.75 Å². The minimum absolute atomic E-state index is 0.148. The average molecular weight is 343 g/mol. The Bertz CT molecular complexity index is 602. The molecule has 1 aliphatic heterocycles. The molecule has 2 rings (SSSR count). The topological polar surface area (TPSA) is 96.5 Å². The molecule has 0 saturated carbocycles. The highest BCUT2D eigenvalue weighted by Gasteiger charge is 2.14. The van der Waals surface area contributed by atoms with Crippen molar-refractivity contribution in [3.8, 4) is 0 Å². The van der Waals surface area contributed by atoms with E-state index in [1.807, 2.05) is 19.9 Å². The van der Waals surface area contributed by atoms with Gasteiger partial charge < -0.3 is 15.0 Å². The van der Waals surface area contributed by atoms with Crippen LogP contribution in [0.3, 0.4) is 0 Å². The second kappa shape index (κ2) is 8.42. The summed E-state index contributed by atoms with van der Waals surface area (Å²) in [5.41, 5.74) is 0.871. The lowest BCUT2D eigenvalue weighted by molar-refractivity contribution is 0.122. The molecule has 1 aliphatic rings. The van der Waals surface area contributed by atoms with E-state index in [0.29, 0.717) is 38.7 Å². The van der Waals surface area contributed by atoms with Crippen LogP contribution in [-0.2, 0) is 14.8 Å². The number of hydrogen-bond donors (Lipinski definition) is 2. The van der Waals surface area contributed by atoms with Crippen molar-refractivity contribution in [2.24, 2.45) is 0 Å². The number of aryl methyl sites for hydroxylation is 1. The van der Waals surface area contributed by atoms with Crippen molar-refractivity contribution < 1.29 is 13.2 Å². The second-order valence-electron chi connectivity index (χ2n) is 5.43. The minimum atomic E-state index is -3.17. The van der Waals surface area contributed by atoms with Gasteiger partial charge in [0.15, 0.2) is 0 Å². The van der Waals surface area contributed by atoms with E-state index in [9.17, 15) is 8.42 Å². The van der Waals surface area contributed by atoms with Gasteiger partial charge in [-0.1, -0.05) is 6.92 Å². The van der Waals surface area contributed by atoms with Crippen molar-refractivity contribution in [3.05, 3.63) is 11.8 Å². The molecule has 0 aromatic carbocycles. The number of nitrogens with zero attached hydrogens (tertiary/aromatic N) is 3. The molecule has 0 radical (unpaired) electrons. The van der Waals surface area contributed by atoms with E-state index < -0.39 is 10.0 Å². The Morgan fingerprint density at radius 3 is 2.70 bits per heavy atom. The van der Waals surface area contributed by atoms with Crippen LogP contribution in [0.15, 0.2) is 6.07 Å². The first kappa shape index (κ1) is 17.9. The summed E-state index contributed by atoms with van der Waals surface area (Å²) in [5.74, 6) is 1.53.